The molecule has 9 heteroatoms. The summed E-state index contributed by atoms with van der Waals surface area (Å²) in [7, 11) is 2.93. The second-order valence-corrected chi connectivity index (χ2v) is 6.49. The summed E-state index contributed by atoms with van der Waals surface area (Å²) in [6.07, 6.45) is 1.17. The van der Waals surface area contributed by atoms with E-state index in [0.717, 1.165) is 9.04 Å². The van der Waals surface area contributed by atoms with Gasteiger partial charge in [-0.1, -0.05) is 28.1 Å². The molecule has 1 aromatic heterocycles. The summed E-state index contributed by atoms with van der Waals surface area (Å²) in [5.41, 5.74) is -1.03. The summed E-state index contributed by atoms with van der Waals surface area (Å²) in [6.45, 7) is 0. The van der Waals surface area contributed by atoms with Gasteiger partial charge in [-0.05, 0) is 30.3 Å². The molecule has 3 aromatic rings. The Bertz CT molecular complexity index is 1170. The quantitative estimate of drug-likeness (QED) is 0.587. The molecule has 8 nitrogen and oxygen atoms in total. The summed E-state index contributed by atoms with van der Waals surface area (Å²) in [5, 5.41) is 10.6. The van der Waals surface area contributed by atoms with Crippen LogP contribution in [-0.2, 0) is 0 Å². The average Bonchev–Trinajstić information content (AvgIpc) is 2.68. The molecule has 2 aromatic carbocycles. The summed E-state index contributed by atoms with van der Waals surface area (Å²) < 4.78 is 12.2. The molecule has 0 saturated heterocycles. The molecule has 0 aliphatic carbocycles. The van der Waals surface area contributed by atoms with E-state index in [1.807, 2.05) is 0 Å². The van der Waals surface area contributed by atoms with E-state index in [0.29, 0.717) is 17.2 Å². The van der Waals surface area contributed by atoms with E-state index in [2.05, 4.69) is 25.9 Å². The predicted octanol–water partition coefficient (Wildman–Crippen LogP) is 2.76. The summed E-state index contributed by atoms with van der Waals surface area (Å²) in [6, 6.07) is 11.8. The largest absolute Gasteiger partial charge is 0.495 e. The maximum absolute atomic E-state index is 12.3. The molecule has 2 N–H and O–H groups in total. The highest BCUT2D eigenvalue weighted by atomic mass is 79.9. The first-order valence-electron chi connectivity index (χ1n) is 8.05. The van der Waals surface area contributed by atoms with Gasteiger partial charge < -0.3 is 14.6 Å². The molecule has 0 fully saturated rings. The van der Waals surface area contributed by atoms with Crippen LogP contribution in [0.4, 0.5) is 5.69 Å². The second-order valence-electron chi connectivity index (χ2n) is 5.58. The first-order valence-corrected chi connectivity index (χ1v) is 8.85. The van der Waals surface area contributed by atoms with Crippen LogP contribution in [0.2, 0.25) is 0 Å². The molecule has 0 spiro atoms. The number of rotatable bonds is 5. The van der Waals surface area contributed by atoms with E-state index >= 15 is 0 Å². The van der Waals surface area contributed by atoms with Gasteiger partial charge >= 0.3 is 5.69 Å². The molecule has 0 saturated carbocycles. The zero-order chi connectivity index (χ0) is 20.3. The summed E-state index contributed by atoms with van der Waals surface area (Å²) in [5.74, 6) is 0.266. The Balaban J connectivity index is 2.16. The van der Waals surface area contributed by atoms with Gasteiger partial charge in [0.1, 0.15) is 22.7 Å². The molecule has 0 amide bonds. The molecule has 0 unspecified atom stereocenters. The smallest absolute Gasteiger partial charge is 0.335 e. The van der Waals surface area contributed by atoms with Gasteiger partial charge in [-0.3, -0.25) is 14.8 Å². The number of para-hydroxylation sites is 2. The number of aromatic amines is 1. The van der Waals surface area contributed by atoms with Crippen LogP contribution in [0.3, 0.4) is 0 Å². The number of aromatic nitrogens is 2. The predicted molar refractivity (Wildman–Crippen MR) is 109 cm³/mol. The maximum Gasteiger partial charge on any atom is 0.335 e. The van der Waals surface area contributed by atoms with Crippen LogP contribution in [0.5, 0.6) is 17.4 Å². The van der Waals surface area contributed by atoms with Crippen molar-refractivity contribution in [3.63, 3.8) is 0 Å². The Hall–Kier alpha value is -3.33. The molecule has 0 aliphatic heterocycles. The third-order valence-electron chi connectivity index (χ3n) is 3.92. The summed E-state index contributed by atoms with van der Waals surface area (Å²) in [4.78, 5) is 31.0. The van der Waals surface area contributed by atoms with Crippen molar-refractivity contribution >= 4 is 27.8 Å². The van der Waals surface area contributed by atoms with Gasteiger partial charge in [0.15, 0.2) is 0 Å². The molecular formula is C19H16BrN3O5. The molecule has 144 valence electrons. The van der Waals surface area contributed by atoms with E-state index in [1.165, 1.54) is 20.4 Å². The molecule has 28 heavy (non-hydrogen) atoms. The highest BCUT2D eigenvalue weighted by molar-refractivity contribution is 9.10. The van der Waals surface area contributed by atoms with Crippen molar-refractivity contribution in [1.82, 2.24) is 9.55 Å². The van der Waals surface area contributed by atoms with Crippen LogP contribution in [0.15, 0.2) is 61.5 Å². The van der Waals surface area contributed by atoms with Crippen molar-refractivity contribution in [2.24, 2.45) is 4.99 Å². The van der Waals surface area contributed by atoms with Crippen molar-refractivity contribution < 1.29 is 14.6 Å². The van der Waals surface area contributed by atoms with Crippen LogP contribution < -0.4 is 20.7 Å². The average molecular weight is 446 g/mol. The maximum atomic E-state index is 12.3. The number of nitrogens with zero attached hydrogens (tertiary/aromatic N) is 2. The molecule has 0 radical (unpaired) electrons. The fourth-order valence-corrected chi connectivity index (χ4v) is 2.93. The van der Waals surface area contributed by atoms with Gasteiger partial charge in [-0.15, -0.1) is 0 Å². The van der Waals surface area contributed by atoms with Gasteiger partial charge in [-0.2, -0.15) is 0 Å². The SMILES string of the molecule is COc1cc(Br)ccc1N=Cc1c(O)n(-c2ccccc2OC)c(=O)[nH]c1=O. The molecule has 0 bridgehead atoms. The normalized spacial score (nSPS) is 11.0. The lowest BCUT2D eigenvalue weighted by molar-refractivity contribution is 0.401. The van der Waals surface area contributed by atoms with Gasteiger partial charge in [0.25, 0.3) is 5.56 Å². The lowest BCUT2D eigenvalue weighted by Gasteiger charge is -2.13. The van der Waals surface area contributed by atoms with Crippen molar-refractivity contribution in [2.75, 3.05) is 14.2 Å². The minimum absolute atomic E-state index is 0.185. The topological polar surface area (TPSA) is 106 Å². The lowest BCUT2D eigenvalue weighted by atomic mass is 10.2. The van der Waals surface area contributed by atoms with Crippen LogP contribution in [0, 0.1) is 0 Å². The number of benzene rings is 2. The number of methoxy groups -OCH3 is 2. The van der Waals surface area contributed by atoms with Crippen LogP contribution in [0.25, 0.3) is 5.69 Å². The third kappa shape index (κ3) is 3.70. The number of halogens is 1. The van der Waals surface area contributed by atoms with Gasteiger partial charge in [0.05, 0.1) is 19.9 Å². The molecule has 0 aliphatic rings. The zero-order valence-corrected chi connectivity index (χ0v) is 16.6. The zero-order valence-electron chi connectivity index (χ0n) is 15.0. The first-order chi connectivity index (χ1) is 13.5. The highest BCUT2D eigenvalue weighted by Gasteiger charge is 2.17. The highest BCUT2D eigenvalue weighted by Crippen LogP contribution is 2.31. The van der Waals surface area contributed by atoms with Crippen LogP contribution >= 0.6 is 15.9 Å². The number of hydrogen-bond acceptors (Lipinski definition) is 6. The van der Waals surface area contributed by atoms with E-state index < -0.39 is 17.1 Å². The van der Waals surface area contributed by atoms with Crippen molar-refractivity contribution in [3.05, 3.63) is 73.3 Å². The van der Waals surface area contributed by atoms with E-state index in [-0.39, 0.29) is 11.3 Å². The number of H-pyrrole nitrogens is 1. The van der Waals surface area contributed by atoms with E-state index in [1.54, 1.807) is 42.5 Å². The Labute approximate surface area is 167 Å². The second kappa shape index (κ2) is 8.13. The van der Waals surface area contributed by atoms with Gasteiger partial charge in [0.2, 0.25) is 5.88 Å². The Morgan fingerprint density at radius 2 is 1.82 bits per heavy atom. The van der Waals surface area contributed by atoms with Crippen LogP contribution in [0.1, 0.15) is 5.56 Å². The van der Waals surface area contributed by atoms with E-state index in [9.17, 15) is 14.7 Å². The van der Waals surface area contributed by atoms with E-state index in [4.69, 9.17) is 9.47 Å². The lowest BCUT2D eigenvalue weighted by Crippen LogP contribution is -2.31. The third-order valence-corrected chi connectivity index (χ3v) is 4.41. The molecular weight excluding hydrogens is 430 g/mol. The standard InChI is InChI=1S/C19H16BrN3O5/c1-27-15-6-4-3-5-14(15)23-18(25)12(17(24)22-19(23)26)10-21-13-8-7-11(20)9-16(13)28-2/h3-10,25H,1-2H3,(H,22,24,26). The van der Waals surface area contributed by atoms with Crippen molar-refractivity contribution in [3.8, 4) is 23.1 Å². The van der Waals surface area contributed by atoms with Crippen LogP contribution in [-0.4, -0.2) is 35.1 Å². The minimum atomic E-state index is -0.801. The summed E-state index contributed by atoms with van der Waals surface area (Å²) >= 11 is 3.34. The fraction of sp³-hybridized carbons (Fsp3) is 0.105. The number of nitrogens with one attached hydrogen (secondary N) is 1. The van der Waals surface area contributed by atoms with Gasteiger partial charge in [0, 0.05) is 10.7 Å². The number of ether oxygens (including phenoxy) is 2. The number of aromatic hydroxyl groups is 1. The fourth-order valence-electron chi connectivity index (χ4n) is 2.59. The Morgan fingerprint density at radius 1 is 1.11 bits per heavy atom. The monoisotopic (exact) mass is 445 g/mol. The molecule has 1 heterocycles. The molecule has 3 rings (SSSR count). The minimum Gasteiger partial charge on any atom is -0.495 e. The number of hydrogen-bond donors (Lipinski definition) is 2. The first kappa shape index (κ1) is 19.4. The van der Waals surface area contributed by atoms with Gasteiger partial charge in [-0.25, -0.2) is 9.36 Å². The van der Waals surface area contributed by atoms with Crippen molar-refractivity contribution in [2.45, 2.75) is 0 Å². The van der Waals surface area contributed by atoms with Crippen molar-refractivity contribution in [1.29, 1.82) is 0 Å². The Morgan fingerprint density at radius 3 is 2.54 bits per heavy atom. The number of aliphatic imine (C=N–C) groups is 1. The molecule has 0 atom stereocenters. The Kier molecular flexibility index (Phi) is 5.65.